The molecule has 0 saturated carbocycles. The van der Waals surface area contributed by atoms with Gasteiger partial charge < -0.3 is 30.1 Å². The highest BCUT2D eigenvalue weighted by atomic mass is 16.5. The Labute approximate surface area is 228 Å². The molecule has 0 bridgehead atoms. The number of amides is 1. The molecule has 0 spiro atoms. The Morgan fingerprint density at radius 3 is 2.74 bits per heavy atom. The standard InChI is InChI=1S/C28H35N9O2/c1-7-24(38)32-19-13-20(23(39-6)14-22(19)36-12-10-18(15-36)35(4)5)33-26-30-17-31-27(34-26)37-16-28(2,3)25-21(37)9-8-11-29-25/h7-9,11,13-14,17-18H,1,10,12,15-16H2,2-6H3,(H,32,38)(H,30,31,33,34)/t18-/m1/s1. The average Bonchev–Trinajstić information content (AvgIpc) is 3.52. The first-order valence-corrected chi connectivity index (χ1v) is 13.0. The van der Waals surface area contributed by atoms with Crippen LogP contribution in [0.1, 0.15) is 26.0 Å². The van der Waals surface area contributed by atoms with Crippen LogP contribution in [0, 0.1) is 0 Å². The van der Waals surface area contributed by atoms with E-state index in [1.54, 1.807) is 7.11 Å². The number of aromatic nitrogens is 4. The lowest BCUT2D eigenvalue weighted by molar-refractivity contribution is -0.111. The van der Waals surface area contributed by atoms with Crippen LogP contribution in [0.25, 0.3) is 0 Å². The summed E-state index contributed by atoms with van der Waals surface area (Å²) >= 11 is 0. The molecule has 11 nitrogen and oxygen atoms in total. The molecule has 2 N–H and O–H groups in total. The monoisotopic (exact) mass is 529 g/mol. The molecule has 1 saturated heterocycles. The minimum absolute atomic E-state index is 0.144. The zero-order chi connectivity index (χ0) is 27.7. The van der Waals surface area contributed by atoms with Crippen LogP contribution < -0.4 is 25.2 Å². The lowest BCUT2D eigenvalue weighted by Gasteiger charge is -2.25. The summed E-state index contributed by atoms with van der Waals surface area (Å²) in [6, 6.07) is 8.16. The van der Waals surface area contributed by atoms with E-state index in [2.05, 4.69) is 74.8 Å². The first-order valence-electron chi connectivity index (χ1n) is 13.0. The first-order chi connectivity index (χ1) is 18.7. The van der Waals surface area contributed by atoms with Crippen molar-refractivity contribution in [3.05, 3.63) is 55.1 Å². The van der Waals surface area contributed by atoms with Crippen LogP contribution in [0.5, 0.6) is 5.75 Å². The van der Waals surface area contributed by atoms with E-state index in [1.165, 1.54) is 12.4 Å². The van der Waals surface area contributed by atoms with Crippen molar-refractivity contribution in [3.8, 4) is 5.75 Å². The minimum Gasteiger partial charge on any atom is -0.494 e. The fraction of sp³-hybridized carbons (Fsp3) is 0.393. The Balaban J connectivity index is 1.47. The molecule has 204 valence electrons. The molecule has 2 aliphatic rings. The zero-order valence-corrected chi connectivity index (χ0v) is 23.1. The third-order valence-corrected chi connectivity index (χ3v) is 7.31. The molecule has 2 aliphatic heterocycles. The van der Waals surface area contributed by atoms with E-state index in [-0.39, 0.29) is 11.3 Å². The second-order valence-corrected chi connectivity index (χ2v) is 10.7. The molecule has 1 amide bonds. The van der Waals surface area contributed by atoms with Gasteiger partial charge in [0.25, 0.3) is 0 Å². The fourth-order valence-electron chi connectivity index (χ4n) is 5.23. The van der Waals surface area contributed by atoms with Crippen LogP contribution in [0.2, 0.25) is 0 Å². The van der Waals surface area contributed by atoms with Crippen molar-refractivity contribution >= 4 is 40.6 Å². The van der Waals surface area contributed by atoms with Crippen LogP contribution in [0.15, 0.2) is 49.4 Å². The van der Waals surface area contributed by atoms with Gasteiger partial charge in [0.2, 0.25) is 17.8 Å². The van der Waals surface area contributed by atoms with Crippen molar-refractivity contribution in [1.82, 2.24) is 24.8 Å². The highest BCUT2D eigenvalue weighted by Gasteiger charge is 2.38. The average molecular weight is 530 g/mol. The summed E-state index contributed by atoms with van der Waals surface area (Å²) in [5, 5.41) is 6.23. The SMILES string of the molecule is C=CC(=O)Nc1cc(Nc2ncnc(N3CC(C)(C)c4ncccc43)n2)c(OC)cc1N1CC[C@@H](N(C)C)C1. The summed E-state index contributed by atoms with van der Waals surface area (Å²) < 4.78 is 5.76. The van der Waals surface area contributed by atoms with E-state index in [0.717, 1.165) is 36.6 Å². The highest BCUT2D eigenvalue weighted by Crippen LogP contribution is 2.42. The Bertz CT molecular complexity index is 1390. The molecular weight excluding hydrogens is 494 g/mol. The minimum atomic E-state index is -0.290. The number of carbonyl (C=O) groups excluding carboxylic acids is 1. The van der Waals surface area contributed by atoms with Crippen molar-refractivity contribution in [3.63, 3.8) is 0 Å². The number of fused-ring (bicyclic) bond motifs is 1. The van der Waals surface area contributed by atoms with Crippen LogP contribution >= 0.6 is 0 Å². The van der Waals surface area contributed by atoms with Gasteiger partial charge in [-0.25, -0.2) is 9.97 Å². The van der Waals surface area contributed by atoms with Crippen LogP contribution in [0.3, 0.4) is 0 Å². The fourth-order valence-corrected chi connectivity index (χ4v) is 5.23. The molecular formula is C28H35N9O2. The predicted octanol–water partition coefficient (Wildman–Crippen LogP) is 3.71. The third-order valence-electron chi connectivity index (χ3n) is 7.31. The Hall–Kier alpha value is -4.25. The van der Waals surface area contributed by atoms with E-state index in [1.807, 2.05) is 30.5 Å². The van der Waals surface area contributed by atoms with Crippen LogP contribution in [-0.4, -0.2) is 77.6 Å². The van der Waals surface area contributed by atoms with Gasteiger partial charge in [0.05, 0.1) is 35.6 Å². The molecule has 5 rings (SSSR count). The largest absolute Gasteiger partial charge is 0.494 e. The number of likely N-dealkylation sites (N-methyl/N-ethyl adjacent to an activating group) is 1. The van der Waals surface area contributed by atoms with E-state index in [4.69, 9.17) is 9.72 Å². The lowest BCUT2D eigenvalue weighted by Crippen LogP contribution is -2.31. The van der Waals surface area contributed by atoms with Crippen molar-refractivity contribution in [2.75, 3.05) is 61.3 Å². The number of benzene rings is 1. The summed E-state index contributed by atoms with van der Waals surface area (Å²) in [7, 11) is 5.79. The van der Waals surface area contributed by atoms with Gasteiger partial charge >= 0.3 is 0 Å². The van der Waals surface area contributed by atoms with Crippen molar-refractivity contribution in [2.45, 2.75) is 31.7 Å². The maximum Gasteiger partial charge on any atom is 0.247 e. The number of hydrogen-bond donors (Lipinski definition) is 2. The molecule has 1 atom stereocenters. The number of ether oxygens (including phenoxy) is 1. The number of anilines is 6. The summed E-state index contributed by atoms with van der Waals surface area (Å²) in [4.78, 5) is 37.0. The predicted molar refractivity (Wildman–Crippen MR) is 154 cm³/mol. The Kier molecular flexibility index (Phi) is 7.09. The Morgan fingerprint density at radius 2 is 2.03 bits per heavy atom. The first kappa shape index (κ1) is 26.4. The van der Waals surface area contributed by atoms with Gasteiger partial charge in [0, 0.05) is 43.4 Å². The molecule has 0 radical (unpaired) electrons. The third kappa shape index (κ3) is 5.22. The molecule has 11 heteroatoms. The van der Waals surface area contributed by atoms with Gasteiger partial charge in [-0.2, -0.15) is 4.98 Å². The van der Waals surface area contributed by atoms with E-state index in [9.17, 15) is 4.79 Å². The molecule has 2 aromatic heterocycles. The van der Waals surface area contributed by atoms with Crippen molar-refractivity contribution in [2.24, 2.45) is 0 Å². The summed E-state index contributed by atoms with van der Waals surface area (Å²) in [5.74, 6) is 1.20. The maximum atomic E-state index is 12.3. The van der Waals surface area contributed by atoms with E-state index < -0.39 is 0 Å². The van der Waals surface area contributed by atoms with Gasteiger partial charge in [0.15, 0.2) is 0 Å². The van der Waals surface area contributed by atoms with E-state index in [0.29, 0.717) is 41.6 Å². The second kappa shape index (κ2) is 10.5. The maximum absolute atomic E-state index is 12.3. The quantitative estimate of drug-likeness (QED) is 0.419. The summed E-state index contributed by atoms with van der Waals surface area (Å²) in [6.45, 7) is 10.3. The van der Waals surface area contributed by atoms with Crippen molar-refractivity contribution < 1.29 is 9.53 Å². The van der Waals surface area contributed by atoms with Crippen LogP contribution in [0.4, 0.5) is 34.6 Å². The molecule has 1 aromatic carbocycles. The topological polar surface area (TPSA) is 112 Å². The number of rotatable bonds is 8. The number of carbonyl (C=O) groups is 1. The Morgan fingerprint density at radius 1 is 1.21 bits per heavy atom. The number of nitrogens with one attached hydrogen (secondary N) is 2. The van der Waals surface area contributed by atoms with E-state index >= 15 is 0 Å². The van der Waals surface area contributed by atoms with Gasteiger partial charge in [-0.1, -0.05) is 20.4 Å². The smallest absolute Gasteiger partial charge is 0.247 e. The number of hydrogen-bond acceptors (Lipinski definition) is 10. The summed E-state index contributed by atoms with van der Waals surface area (Å²) in [6.07, 6.45) is 5.59. The molecule has 4 heterocycles. The lowest BCUT2D eigenvalue weighted by atomic mass is 9.91. The second-order valence-electron chi connectivity index (χ2n) is 10.7. The van der Waals surface area contributed by atoms with Gasteiger partial charge in [-0.05, 0) is 44.8 Å². The number of nitrogens with zero attached hydrogens (tertiary/aromatic N) is 7. The molecule has 3 aromatic rings. The highest BCUT2D eigenvalue weighted by molar-refractivity contribution is 6.02. The van der Waals surface area contributed by atoms with Gasteiger partial charge in [-0.3, -0.25) is 9.78 Å². The van der Waals surface area contributed by atoms with Gasteiger partial charge in [-0.15, -0.1) is 0 Å². The normalized spacial score (nSPS) is 17.7. The molecule has 1 fully saturated rings. The number of pyridine rings is 1. The zero-order valence-electron chi connectivity index (χ0n) is 23.1. The molecule has 0 aliphatic carbocycles. The van der Waals surface area contributed by atoms with Gasteiger partial charge in [0.1, 0.15) is 12.1 Å². The number of methoxy groups -OCH3 is 1. The molecule has 0 unspecified atom stereocenters. The summed E-state index contributed by atoms with van der Waals surface area (Å²) in [5.41, 5.74) is 4.01. The van der Waals surface area contributed by atoms with Crippen LogP contribution in [-0.2, 0) is 10.2 Å². The molecule has 39 heavy (non-hydrogen) atoms. The van der Waals surface area contributed by atoms with Crippen molar-refractivity contribution in [1.29, 1.82) is 0 Å².